The molecule has 3 nitrogen and oxygen atoms in total. The average molecular weight is 267 g/mol. The topological polar surface area (TPSA) is 35.4 Å². The maximum absolute atomic E-state index is 5.80. The normalized spacial score (nSPS) is 19.3. The number of hydrogen-bond donors (Lipinski definition) is 1. The standard InChI is InChI=1S/C17H19N2O/c1-2-5-15(6-3-1)20-16-9-7-14(8-10-16)17-13-18-11-4-12-19-17/h1-3,5-10,17-18H,4,11-13H2. The zero-order valence-corrected chi connectivity index (χ0v) is 11.5. The zero-order chi connectivity index (χ0) is 13.6. The first kappa shape index (κ1) is 13.2. The third-order valence-electron chi connectivity index (χ3n) is 3.44. The molecule has 0 aliphatic carbocycles. The Morgan fingerprint density at radius 1 is 0.950 bits per heavy atom. The van der Waals surface area contributed by atoms with Crippen molar-refractivity contribution in [2.75, 3.05) is 19.6 Å². The molecule has 1 radical (unpaired) electrons. The molecule has 20 heavy (non-hydrogen) atoms. The Hall–Kier alpha value is -1.84. The first-order valence-corrected chi connectivity index (χ1v) is 7.12. The van der Waals surface area contributed by atoms with Crippen LogP contribution in [0.2, 0.25) is 0 Å². The van der Waals surface area contributed by atoms with Crippen LogP contribution in [0.1, 0.15) is 18.0 Å². The van der Waals surface area contributed by atoms with Crippen LogP contribution < -0.4 is 15.4 Å². The van der Waals surface area contributed by atoms with Gasteiger partial charge in [-0.2, -0.15) is 0 Å². The first-order valence-electron chi connectivity index (χ1n) is 7.12. The fourth-order valence-corrected chi connectivity index (χ4v) is 2.36. The summed E-state index contributed by atoms with van der Waals surface area (Å²) in [5.74, 6) is 1.72. The highest BCUT2D eigenvalue weighted by Crippen LogP contribution is 2.23. The molecule has 1 aliphatic heterocycles. The molecule has 1 aliphatic rings. The highest BCUT2D eigenvalue weighted by molar-refractivity contribution is 5.34. The maximum Gasteiger partial charge on any atom is 0.127 e. The summed E-state index contributed by atoms with van der Waals surface area (Å²) < 4.78 is 5.80. The van der Waals surface area contributed by atoms with Gasteiger partial charge in [0, 0.05) is 13.1 Å². The number of nitrogens with one attached hydrogen (secondary N) is 1. The predicted octanol–water partition coefficient (Wildman–Crippen LogP) is 3.12. The van der Waals surface area contributed by atoms with E-state index in [0.29, 0.717) is 0 Å². The quantitative estimate of drug-likeness (QED) is 0.927. The van der Waals surface area contributed by atoms with Gasteiger partial charge in [0.25, 0.3) is 0 Å². The van der Waals surface area contributed by atoms with Gasteiger partial charge in [0.15, 0.2) is 0 Å². The van der Waals surface area contributed by atoms with Crippen LogP contribution in [0.3, 0.4) is 0 Å². The fourth-order valence-electron chi connectivity index (χ4n) is 2.36. The molecule has 1 unspecified atom stereocenters. The monoisotopic (exact) mass is 267 g/mol. The van der Waals surface area contributed by atoms with Gasteiger partial charge in [0.2, 0.25) is 0 Å². The Morgan fingerprint density at radius 2 is 1.70 bits per heavy atom. The van der Waals surface area contributed by atoms with E-state index in [0.717, 1.165) is 37.6 Å². The second kappa shape index (κ2) is 6.55. The molecular weight excluding hydrogens is 248 g/mol. The maximum atomic E-state index is 5.80. The van der Waals surface area contributed by atoms with Crippen molar-refractivity contribution in [2.45, 2.75) is 12.5 Å². The minimum atomic E-state index is 0.267. The Balaban J connectivity index is 1.67. The van der Waals surface area contributed by atoms with Crippen LogP contribution in [-0.4, -0.2) is 19.6 Å². The van der Waals surface area contributed by atoms with Gasteiger partial charge in [-0.15, -0.1) is 0 Å². The summed E-state index contributed by atoms with van der Waals surface area (Å²) in [4.78, 5) is 0. The molecule has 0 spiro atoms. The summed E-state index contributed by atoms with van der Waals surface area (Å²) in [5, 5.41) is 8.13. The number of hydrogen-bond acceptors (Lipinski definition) is 2. The van der Waals surface area contributed by atoms with E-state index in [1.807, 2.05) is 42.5 Å². The summed E-state index contributed by atoms with van der Waals surface area (Å²) >= 11 is 0. The lowest BCUT2D eigenvalue weighted by atomic mass is 10.1. The summed E-state index contributed by atoms with van der Waals surface area (Å²) in [6, 6.07) is 18.4. The van der Waals surface area contributed by atoms with Gasteiger partial charge in [-0.25, -0.2) is 5.32 Å². The largest absolute Gasteiger partial charge is 0.457 e. The minimum absolute atomic E-state index is 0.267. The lowest BCUT2D eigenvalue weighted by Crippen LogP contribution is -2.23. The van der Waals surface area contributed by atoms with Crippen molar-refractivity contribution in [3.8, 4) is 11.5 Å². The molecule has 2 aromatic rings. The molecule has 0 amide bonds. The van der Waals surface area contributed by atoms with E-state index in [9.17, 15) is 0 Å². The molecular formula is C17H19N2O. The predicted molar refractivity (Wildman–Crippen MR) is 80.2 cm³/mol. The van der Waals surface area contributed by atoms with Gasteiger partial charge in [-0.3, -0.25) is 0 Å². The number of para-hydroxylation sites is 1. The number of ether oxygens (including phenoxy) is 1. The minimum Gasteiger partial charge on any atom is -0.457 e. The Morgan fingerprint density at radius 3 is 2.50 bits per heavy atom. The fraction of sp³-hybridized carbons (Fsp3) is 0.294. The molecule has 1 atom stereocenters. The average Bonchev–Trinajstić information content (AvgIpc) is 2.78. The van der Waals surface area contributed by atoms with Gasteiger partial charge >= 0.3 is 0 Å². The van der Waals surface area contributed by atoms with E-state index in [-0.39, 0.29) is 6.04 Å². The molecule has 0 saturated carbocycles. The highest BCUT2D eigenvalue weighted by atomic mass is 16.5. The van der Waals surface area contributed by atoms with E-state index in [4.69, 9.17) is 10.1 Å². The second-order valence-electron chi connectivity index (χ2n) is 4.96. The number of rotatable bonds is 3. The third-order valence-corrected chi connectivity index (χ3v) is 3.44. The van der Waals surface area contributed by atoms with Gasteiger partial charge in [0.1, 0.15) is 11.5 Å². The van der Waals surface area contributed by atoms with E-state index in [1.165, 1.54) is 5.56 Å². The van der Waals surface area contributed by atoms with Crippen molar-refractivity contribution < 1.29 is 4.74 Å². The van der Waals surface area contributed by atoms with Crippen molar-refractivity contribution in [3.05, 3.63) is 60.2 Å². The zero-order valence-electron chi connectivity index (χ0n) is 11.5. The molecule has 0 bridgehead atoms. The SMILES string of the molecule is c1ccc(Oc2ccc(C3CNCCC[N]3)cc2)cc1. The van der Waals surface area contributed by atoms with Gasteiger partial charge in [-0.1, -0.05) is 30.3 Å². The van der Waals surface area contributed by atoms with Crippen LogP contribution in [0.15, 0.2) is 54.6 Å². The molecule has 103 valence electrons. The summed E-state index contributed by atoms with van der Waals surface area (Å²) in [6.45, 7) is 2.94. The lowest BCUT2D eigenvalue weighted by Gasteiger charge is -2.15. The smallest absolute Gasteiger partial charge is 0.127 e. The Labute approximate surface area is 120 Å². The van der Waals surface area contributed by atoms with Gasteiger partial charge in [0.05, 0.1) is 6.04 Å². The molecule has 1 fully saturated rings. The number of benzene rings is 2. The summed E-state index contributed by atoms with van der Waals surface area (Å²) in [5.41, 5.74) is 1.25. The first-order chi connectivity index (χ1) is 9.92. The molecule has 1 saturated heterocycles. The van der Waals surface area contributed by atoms with Crippen molar-refractivity contribution in [3.63, 3.8) is 0 Å². The van der Waals surface area contributed by atoms with E-state index >= 15 is 0 Å². The van der Waals surface area contributed by atoms with Crippen molar-refractivity contribution >= 4 is 0 Å². The van der Waals surface area contributed by atoms with Crippen LogP contribution in [-0.2, 0) is 0 Å². The second-order valence-corrected chi connectivity index (χ2v) is 4.96. The van der Waals surface area contributed by atoms with Crippen LogP contribution in [0.5, 0.6) is 11.5 Å². The van der Waals surface area contributed by atoms with Crippen LogP contribution in [0, 0.1) is 0 Å². The van der Waals surface area contributed by atoms with Gasteiger partial charge < -0.3 is 10.1 Å². The van der Waals surface area contributed by atoms with E-state index < -0.39 is 0 Å². The van der Waals surface area contributed by atoms with Crippen LogP contribution >= 0.6 is 0 Å². The molecule has 0 aromatic heterocycles. The Kier molecular flexibility index (Phi) is 4.31. The molecule has 2 aromatic carbocycles. The van der Waals surface area contributed by atoms with Gasteiger partial charge in [-0.05, 0) is 42.8 Å². The van der Waals surface area contributed by atoms with Crippen LogP contribution in [0.4, 0.5) is 0 Å². The summed E-state index contributed by atoms with van der Waals surface area (Å²) in [7, 11) is 0. The lowest BCUT2D eigenvalue weighted by molar-refractivity contribution is 0.481. The van der Waals surface area contributed by atoms with Crippen molar-refractivity contribution in [1.82, 2.24) is 10.6 Å². The van der Waals surface area contributed by atoms with Crippen molar-refractivity contribution in [1.29, 1.82) is 0 Å². The van der Waals surface area contributed by atoms with E-state index in [2.05, 4.69) is 17.4 Å². The van der Waals surface area contributed by atoms with Crippen LogP contribution in [0.25, 0.3) is 0 Å². The Bertz CT molecular complexity index is 516. The highest BCUT2D eigenvalue weighted by Gasteiger charge is 2.14. The third kappa shape index (κ3) is 3.38. The molecule has 3 heteroatoms. The number of nitrogens with zero attached hydrogens (tertiary/aromatic N) is 1. The summed E-state index contributed by atoms with van der Waals surface area (Å²) in [6.07, 6.45) is 1.13. The molecule has 1 N–H and O–H groups in total. The molecule has 1 heterocycles. The van der Waals surface area contributed by atoms with E-state index in [1.54, 1.807) is 0 Å². The molecule has 3 rings (SSSR count). The van der Waals surface area contributed by atoms with Crippen molar-refractivity contribution in [2.24, 2.45) is 0 Å².